The van der Waals surface area contributed by atoms with Gasteiger partial charge in [-0.3, -0.25) is 0 Å². The smallest absolute Gasteiger partial charge is 0.0213 e. The molecule has 1 heterocycles. The Labute approximate surface area is 91.7 Å². The van der Waals surface area contributed by atoms with Crippen LogP contribution < -0.4 is 5.32 Å². The summed E-state index contributed by atoms with van der Waals surface area (Å²) < 4.78 is 1.28. The van der Waals surface area contributed by atoms with Gasteiger partial charge in [0.05, 0.1) is 0 Å². The highest BCUT2D eigenvalue weighted by molar-refractivity contribution is 14.1. The summed E-state index contributed by atoms with van der Waals surface area (Å²) >= 11 is 4.19. The summed E-state index contributed by atoms with van der Waals surface area (Å²) in [5, 5.41) is 7.75. The molecule has 0 aromatic carbocycles. The van der Waals surface area contributed by atoms with Crippen LogP contribution in [0.3, 0.4) is 0 Å². The fourth-order valence-corrected chi connectivity index (χ4v) is 2.18. The van der Waals surface area contributed by atoms with Crippen LogP contribution in [0.15, 0.2) is 16.8 Å². The van der Waals surface area contributed by atoms with Gasteiger partial charge in [-0.1, -0.05) is 22.6 Å². The second-order valence-electron chi connectivity index (χ2n) is 2.70. The number of thiophene rings is 1. The molecular formula is C9H14INS. The summed E-state index contributed by atoms with van der Waals surface area (Å²) in [7, 11) is 0. The lowest BCUT2D eigenvalue weighted by molar-refractivity contribution is 0.646. The molecular weight excluding hydrogens is 281 g/mol. The fraction of sp³-hybridized carbons (Fsp3) is 0.556. The molecule has 0 atom stereocenters. The maximum absolute atomic E-state index is 3.43. The average Bonchev–Trinajstić information content (AvgIpc) is 2.57. The second-order valence-corrected chi connectivity index (χ2v) is 4.56. The van der Waals surface area contributed by atoms with Gasteiger partial charge in [0.1, 0.15) is 0 Å². The van der Waals surface area contributed by atoms with E-state index in [1.165, 1.54) is 22.8 Å². The predicted molar refractivity (Wildman–Crippen MR) is 64.1 cm³/mol. The molecule has 0 bridgehead atoms. The zero-order chi connectivity index (χ0) is 8.65. The third-order valence-electron chi connectivity index (χ3n) is 1.65. The quantitative estimate of drug-likeness (QED) is 0.483. The fourth-order valence-electron chi connectivity index (χ4n) is 0.970. The Kier molecular flexibility index (Phi) is 5.98. The third kappa shape index (κ3) is 4.42. The Morgan fingerprint density at radius 1 is 1.42 bits per heavy atom. The molecule has 0 spiro atoms. The standard InChI is InChI=1S/C9H14INS/c10-4-1-2-5-11-7-9-3-6-12-8-9/h3,6,8,11H,1-2,4-5,7H2. The van der Waals surface area contributed by atoms with E-state index in [-0.39, 0.29) is 0 Å². The average molecular weight is 295 g/mol. The number of hydrogen-bond donors (Lipinski definition) is 1. The van der Waals surface area contributed by atoms with Crippen molar-refractivity contribution in [2.24, 2.45) is 0 Å². The first-order chi connectivity index (χ1) is 5.93. The Morgan fingerprint density at radius 3 is 3.00 bits per heavy atom. The molecule has 1 aromatic rings. The molecule has 0 unspecified atom stereocenters. The van der Waals surface area contributed by atoms with Gasteiger partial charge in [-0.05, 0) is 46.2 Å². The van der Waals surface area contributed by atoms with Crippen LogP contribution in [0.25, 0.3) is 0 Å². The molecule has 1 nitrogen and oxygen atoms in total. The minimum atomic E-state index is 1.03. The molecule has 3 heteroatoms. The number of unbranched alkanes of at least 4 members (excludes halogenated alkanes) is 1. The van der Waals surface area contributed by atoms with Crippen LogP contribution in [0, 0.1) is 0 Å². The van der Waals surface area contributed by atoms with Crippen molar-refractivity contribution in [1.82, 2.24) is 5.32 Å². The van der Waals surface area contributed by atoms with Crippen molar-refractivity contribution in [1.29, 1.82) is 0 Å². The van der Waals surface area contributed by atoms with Crippen LogP contribution in [-0.2, 0) is 6.54 Å². The van der Waals surface area contributed by atoms with Crippen LogP contribution in [0.2, 0.25) is 0 Å². The molecule has 0 fully saturated rings. The van der Waals surface area contributed by atoms with Crippen LogP contribution in [0.5, 0.6) is 0 Å². The first-order valence-electron chi connectivity index (χ1n) is 4.21. The first kappa shape index (κ1) is 10.5. The van der Waals surface area contributed by atoms with Gasteiger partial charge in [0, 0.05) is 6.54 Å². The zero-order valence-electron chi connectivity index (χ0n) is 7.05. The minimum absolute atomic E-state index is 1.03. The van der Waals surface area contributed by atoms with Crippen molar-refractivity contribution in [2.75, 3.05) is 11.0 Å². The van der Waals surface area contributed by atoms with E-state index in [0.29, 0.717) is 0 Å². The van der Waals surface area contributed by atoms with E-state index in [1.54, 1.807) is 11.3 Å². The van der Waals surface area contributed by atoms with Gasteiger partial charge in [0.2, 0.25) is 0 Å². The SMILES string of the molecule is ICCCCNCc1ccsc1. The topological polar surface area (TPSA) is 12.0 Å². The molecule has 1 rings (SSSR count). The van der Waals surface area contributed by atoms with Gasteiger partial charge >= 0.3 is 0 Å². The summed E-state index contributed by atoms with van der Waals surface area (Å²) in [6.07, 6.45) is 2.63. The molecule has 0 amide bonds. The van der Waals surface area contributed by atoms with E-state index < -0.39 is 0 Å². The number of rotatable bonds is 6. The Balaban J connectivity index is 1.96. The van der Waals surface area contributed by atoms with E-state index in [0.717, 1.165) is 13.1 Å². The highest BCUT2D eigenvalue weighted by atomic mass is 127. The summed E-state index contributed by atoms with van der Waals surface area (Å²) in [5.74, 6) is 0. The van der Waals surface area contributed by atoms with Crippen LogP contribution in [0.1, 0.15) is 18.4 Å². The summed E-state index contributed by atoms with van der Waals surface area (Å²) in [6.45, 7) is 2.18. The van der Waals surface area contributed by atoms with Crippen molar-refractivity contribution in [3.63, 3.8) is 0 Å². The third-order valence-corrected chi connectivity index (χ3v) is 3.14. The maximum Gasteiger partial charge on any atom is 0.0213 e. The van der Waals surface area contributed by atoms with Crippen LogP contribution >= 0.6 is 33.9 Å². The molecule has 0 aliphatic rings. The van der Waals surface area contributed by atoms with Crippen LogP contribution in [-0.4, -0.2) is 11.0 Å². The van der Waals surface area contributed by atoms with Crippen LogP contribution in [0.4, 0.5) is 0 Å². The molecule has 68 valence electrons. The number of hydrogen-bond acceptors (Lipinski definition) is 2. The van der Waals surface area contributed by atoms with Gasteiger partial charge < -0.3 is 5.32 Å². The Morgan fingerprint density at radius 2 is 2.33 bits per heavy atom. The van der Waals surface area contributed by atoms with E-state index in [4.69, 9.17) is 0 Å². The number of alkyl halides is 1. The molecule has 0 saturated heterocycles. The maximum atomic E-state index is 3.43. The lowest BCUT2D eigenvalue weighted by Crippen LogP contribution is -2.14. The van der Waals surface area contributed by atoms with E-state index in [1.807, 2.05) is 0 Å². The number of nitrogens with one attached hydrogen (secondary N) is 1. The summed E-state index contributed by atoms with van der Waals surface area (Å²) in [5.41, 5.74) is 1.41. The van der Waals surface area contributed by atoms with Crippen molar-refractivity contribution in [3.05, 3.63) is 22.4 Å². The molecule has 1 aromatic heterocycles. The van der Waals surface area contributed by atoms with Gasteiger partial charge in [0.25, 0.3) is 0 Å². The van der Waals surface area contributed by atoms with Gasteiger partial charge in [-0.25, -0.2) is 0 Å². The van der Waals surface area contributed by atoms with Gasteiger partial charge in [-0.15, -0.1) is 0 Å². The molecule has 1 N–H and O–H groups in total. The largest absolute Gasteiger partial charge is 0.313 e. The lowest BCUT2D eigenvalue weighted by Gasteiger charge is -2.00. The Bertz CT molecular complexity index is 186. The van der Waals surface area contributed by atoms with Crippen molar-refractivity contribution >= 4 is 33.9 Å². The van der Waals surface area contributed by atoms with E-state index in [2.05, 4.69) is 44.7 Å². The van der Waals surface area contributed by atoms with Crippen molar-refractivity contribution < 1.29 is 0 Å². The molecule has 0 radical (unpaired) electrons. The minimum Gasteiger partial charge on any atom is -0.313 e. The predicted octanol–water partition coefficient (Wildman–Crippen LogP) is 3.05. The Hall–Kier alpha value is 0.390. The molecule has 12 heavy (non-hydrogen) atoms. The van der Waals surface area contributed by atoms with E-state index in [9.17, 15) is 0 Å². The van der Waals surface area contributed by atoms with Gasteiger partial charge in [-0.2, -0.15) is 11.3 Å². The molecule has 0 aliphatic carbocycles. The molecule has 0 aliphatic heterocycles. The first-order valence-corrected chi connectivity index (χ1v) is 6.68. The van der Waals surface area contributed by atoms with Crippen molar-refractivity contribution in [3.8, 4) is 0 Å². The second kappa shape index (κ2) is 6.86. The van der Waals surface area contributed by atoms with Crippen molar-refractivity contribution in [2.45, 2.75) is 19.4 Å². The van der Waals surface area contributed by atoms with Gasteiger partial charge in [0.15, 0.2) is 0 Å². The highest BCUT2D eigenvalue weighted by Crippen LogP contribution is 2.04. The van der Waals surface area contributed by atoms with E-state index >= 15 is 0 Å². The monoisotopic (exact) mass is 295 g/mol. The summed E-state index contributed by atoms with van der Waals surface area (Å²) in [6, 6.07) is 2.18. The normalized spacial score (nSPS) is 10.4. The summed E-state index contributed by atoms with van der Waals surface area (Å²) in [4.78, 5) is 0. The highest BCUT2D eigenvalue weighted by Gasteiger charge is 1.91. The molecule has 0 saturated carbocycles. The zero-order valence-corrected chi connectivity index (χ0v) is 10.0. The lowest BCUT2D eigenvalue weighted by atomic mass is 10.3. The number of halogens is 1.